The summed E-state index contributed by atoms with van der Waals surface area (Å²) in [5, 5.41) is 15.5. The maximum absolute atomic E-state index is 12.2. The molecule has 0 atom stereocenters. The molecule has 0 unspecified atom stereocenters. The van der Waals surface area contributed by atoms with Gasteiger partial charge in [0, 0.05) is 17.7 Å². The maximum atomic E-state index is 12.2. The highest BCUT2D eigenvalue weighted by Crippen LogP contribution is 2.37. The predicted octanol–water partition coefficient (Wildman–Crippen LogP) is 6.02. The summed E-state index contributed by atoms with van der Waals surface area (Å²) in [5.74, 6) is 0.428. The molecule has 0 aromatic heterocycles. The van der Waals surface area contributed by atoms with E-state index in [9.17, 15) is 14.9 Å². The summed E-state index contributed by atoms with van der Waals surface area (Å²) in [7, 11) is 1.51. The van der Waals surface area contributed by atoms with E-state index in [2.05, 4.69) is 26.5 Å². The summed E-state index contributed by atoms with van der Waals surface area (Å²) < 4.78 is 11.9. The van der Waals surface area contributed by atoms with Gasteiger partial charge in [0.2, 0.25) is 0 Å². The summed E-state index contributed by atoms with van der Waals surface area (Å²) in [4.78, 5) is 22.3. The lowest BCUT2D eigenvalue weighted by Crippen LogP contribution is -2.17. The third-order valence-electron chi connectivity index (χ3n) is 4.34. The third kappa shape index (κ3) is 6.44. The lowest BCUT2D eigenvalue weighted by molar-refractivity contribution is -0.384. The quantitative estimate of drug-likeness (QED) is 0.209. The van der Waals surface area contributed by atoms with Crippen molar-refractivity contribution in [3.63, 3.8) is 0 Å². The third-order valence-corrected chi connectivity index (χ3v) is 5.67. The number of carbonyl (C=O) groups is 1. The number of nitro benzene ring substituents is 1. The average molecular weight is 553 g/mol. The molecule has 0 aliphatic heterocycles. The minimum absolute atomic E-state index is 0.103. The van der Waals surface area contributed by atoms with Gasteiger partial charge >= 0.3 is 0 Å². The van der Waals surface area contributed by atoms with Gasteiger partial charge in [-0.1, -0.05) is 29.3 Å². The van der Waals surface area contributed by atoms with Gasteiger partial charge in [-0.25, -0.2) is 5.43 Å². The number of nitro groups is 1. The zero-order valence-electron chi connectivity index (χ0n) is 17.1. The largest absolute Gasteiger partial charge is 0.493 e. The first-order chi connectivity index (χ1) is 15.8. The van der Waals surface area contributed by atoms with Gasteiger partial charge in [-0.05, 0) is 63.5 Å². The Bertz CT molecular complexity index is 1220. The van der Waals surface area contributed by atoms with Crippen LogP contribution in [0, 0.1) is 10.1 Å². The smallest absolute Gasteiger partial charge is 0.271 e. The molecule has 1 amide bonds. The fraction of sp³-hybridized carbons (Fsp3) is 0.0909. The van der Waals surface area contributed by atoms with Gasteiger partial charge in [-0.2, -0.15) is 5.10 Å². The molecule has 0 saturated carbocycles. The van der Waals surface area contributed by atoms with Crippen LogP contribution in [0.15, 0.2) is 64.2 Å². The fourth-order valence-corrected chi connectivity index (χ4v) is 3.60. The van der Waals surface area contributed by atoms with Crippen LogP contribution < -0.4 is 14.9 Å². The fourth-order valence-electron chi connectivity index (χ4n) is 2.70. The number of halogens is 3. The Morgan fingerprint density at radius 2 is 1.88 bits per heavy atom. The number of amides is 1. The maximum Gasteiger partial charge on any atom is 0.271 e. The summed E-state index contributed by atoms with van der Waals surface area (Å²) in [6.45, 7) is 0.241. The van der Waals surface area contributed by atoms with E-state index in [1.807, 2.05) is 6.07 Å². The molecule has 0 bridgehead atoms. The van der Waals surface area contributed by atoms with E-state index in [1.165, 1.54) is 37.6 Å². The van der Waals surface area contributed by atoms with Crippen LogP contribution in [-0.2, 0) is 6.61 Å². The average Bonchev–Trinajstić information content (AvgIpc) is 2.80. The van der Waals surface area contributed by atoms with Crippen LogP contribution in [0.25, 0.3) is 0 Å². The lowest BCUT2D eigenvalue weighted by Gasteiger charge is -2.14. The van der Waals surface area contributed by atoms with E-state index in [-0.39, 0.29) is 17.9 Å². The summed E-state index contributed by atoms with van der Waals surface area (Å²) in [6, 6.07) is 13.9. The number of hydrazone groups is 1. The van der Waals surface area contributed by atoms with Crippen molar-refractivity contribution in [1.29, 1.82) is 0 Å². The number of benzene rings is 3. The monoisotopic (exact) mass is 551 g/mol. The van der Waals surface area contributed by atoms with Crippen molar-refractivity contribution >= 4 is 56.9 Å². The molecule has 11 heteroatoms. The van der Waals surface area contributed by atoms with E-state index in [0.717, 1.165) is 5.56 Å². The van der Waals surface area contributed by atoms with Gasteiger partial charge in [0.1, 0.15) is 6.61 Å². The second-order valence-electron chi connectivity index (χ2n) is 6.57. The number of rotatable bonds is 8. The van der Waals surface area contributed by atoms with Crippen LogP contribution in [0.5, 0.6) is 11.5 Å². The van der Waals surface area contributed by atoms with Crippen molar-refractivity contribution in [3.8, 4) is 11.5 Å². The number of methoxy groups -OCH3 is 1. The van der Waals surface area contributed by atoms with E-state index >= 15 is 0 Å². The van der Waals surface area contributed by atoms with Crippen LogP contribution >= 0.6 is 39.1 Å². The van der Waals surface area contributed by atoms with Gasteiger partial charge in [0.25, 0.3) is 11.6 Å². The van der Waals surface area contributed by atoms with E-state index in [1.54, 1.807) is 24.3 Å². The van der Waals surface area contributed by atoms with Gasteiger partial charge in [-0.3, -0.25) is 14.9 Å². The van der Waals surface area contributed by atoms with E-state index in [0.29, 0.717) is 31.6 Å². The van der Waals surface area contributed by atoms with Crippen LogP contribution in [0.4, 0.5) is 5.69 Å². The Kier molecular flexibility index (Phi) is 8.26. The molecule has 3 rings (SSSR count). The molecule has 3 aromatic carbocycles. The molecular weight excluding hydrogens is 537 g/mol. The molecule has 0 radical (unpaired) electrons. The Hall–Kier alpha value is -3.14. The first-order valence-corrected chi connectivity index (χ1v) is 10.9. The summed E-state index contributed by atoms with van der Waals surface area (Å²) in [5.41, 5.74) is 3.97. The molecule has 0 fully saturated rings. The number of nitrogens with zero attached hydrogens (tertiary/aromatic N) is 2. The summed E-state index contributed by atoms with van der Waals surface area (Å²) >= 11 is 15.4. The van der Waals surface area contributed by atoms with Crippen molar-refractivity contribution in [2.24, 2.45) is 5.10 Å². The highest BCUT2D eigenvalue weighted by Gasteiger charge is 2.13. The predicted molar refractivity (Wildman–Crippen MR) is 130 cm³/mol. The standard InChI is InChI=1S/C22H16BrCl2N3O5/c1-32-20-10-14(11-26-27-22(29)15-3-5-16(6-4-15)28(30)31)8-17(23)21(20)33-12-13-2-7-18(24)19(25)9-13/h2-11H,12H2,1H3,(H,27,29)/b26-11-. The van der Waals surface area contributed by atoms with Crippen molar-refractivity contribution in [2.75, 3.05) is 7.11 Å². The van der Waals surface area contributed by atoms with Crippen LogP contribution in [0.3, 0.4) is 0 Å². The van der Waals surface area contributed by atoms with Gasteiger partial charge in [0.05, 0.1) is 32.8 Å². The molecule has 8 nitrogen and oxygen atoms in total. The number of carbonyl (C=O) groups excluding carboxylic acids is 1. The topological polar surface area (TPSA) is 103 Å². The van der Waals surface area contributed by atoms with E-state index in [4.69, 9.17) is 32.7 Å². The van der Waals surface area contributed by atoms with Crippen molar-refractivity contribution in [3.05, 3.63) is 95.9 Å². The molecule has 1 N–H and O–H groups in total. The van der Waals surface area contributed by atoms with Crippen molar-refractivity contribution in [2.45, 2.75) is 6.61 Å². The minimum atomic E-state index is -0.539. The number of hydrogen-bond donors (Lipinski definition) is 1. The van der Waals surface area contributed by atoms with E-state index < -0.39 is 10.8 Å². The number of nitrogens with one attached hydrogen (secondary N) is 1. The second kappa shape index (κ2) is 11.1. The molecular formula is C22H16BrCl2N3O5. The zero-order chi connectivity index (χ0) is 24.0. The Morgan fingerprint density at radius 1 is 1.15 bits per heavy atom. The highest BCUT2D eigenvalue weighted by atomic mass is 79.9. The molecule has 3 aromatic rings. The van der Waals surface area contributed by atoms with Crippen LogP contribution in [0.1, 0.15) is 21.5 Å². The molecule has 33 heavy (non-hydrogen) atoms. The lowest BCUT2D eigenvalue weighted by atomic mass is 10.2. The molecule has 0 aliphatic rings. The molecule has 170 valence electrons. The zero-order valence-corrected chi connectivity index (χ0v) is 20.1. The molecule has 0 spiro atoms. The van der Waals surface area contributed by atoms with Gasteiger partial charge in [-0.15, -0.1) is 0 Å². The number of non-ortho nitro benzene ring substituents is 1. The van der Waals surface area contributed by atoms with Gasteiger partial charge in [0.15, 0.2) is 11.5 Å². The Balaban J connectivity index is 1.67. The van der Waals surface area contributed by atoms with Crippen molar-refractivity contribution < 1.29 is 19.2 Å². The Labute approximate surface area is 207 Å². The minimum Gasteiger partial charge on any atom is -0.493 e. The van der Waals surface area contributed by atoms with Crippen LogP contribution in [0.2, 0.25) is 10.0 Å². The second-order valence-corrected chi connectivity index (χ2v) is 8.24. The van der Waals surface area contributed by atoms with Crippen LogP contribution in [-0.4, -0.2) is 24.2 Å². The normalized spacial score (nSPS) is 10.8. The van der Waals surface area contributed by atoms with Gasteiger partial charge < -0.3 is 9.47 Å². The summed E-state index contributed by atoms with van der Waals surface area (Å²) in [6.07, 6.45) is 1.43. The molecule has 0 aliphatic carbocycles. The first kappa shape index (κ1) is 24.5. The number of hydrogen-bond acceptors (Lipinski definition) is 6. The highest BCUT2D eigenvalue weighted by molar-refractivity contribution is 9.10. The van der Waals surface area contributed by atoms with Crippen molar-refractivity contribution in [1.82, 2.24) is 5.43 Å². The SMILES string of the molecule is COc1cc(/C=N\NC(=O)c2ccc([N+](=O)[O-])cc2)cc(Br)c1OCc1ccc(Cl)c(Cl)c1. The molecule has 0 heterocycles. The Morgan fingerprint density at radius 3 is 2.52 bits per heavy atom. The first-order valence-electron chi connectivity index (χ1n) is 9.30. The molecule has 0 saturated heterocycles. The number of ether oxygens (including phenoxy) is 2.